The molecule has 0 aliphatic carbocycles. The van der Waals surface area contributed by atoms with Crippen molar-refractivity contribution in [2.24, 2.45) is 0 Å². The van der Waals surface area contributed by atoms with E-state index in [0.717, 1.165) is 0 Å². The molecule has 0 spiro atoms. The normalized spacial score (nSPS) is 12.9. The second-order valence-electron chi connectivity index (χ2n) is 3.59. The molecule has 0 unspecified atom stereocenters. The molecule has 110 valence electrons. The number of aliphatic carboxylic acids is 1. The van der Waals surface area contributed by atoms with Crippen LogP contribution in [0, 0.1) is 0 Å². The quantitative estimate of drug-likeness (QED) is 0.649. The Morgan fingerprint density at radius 3 is 1.90 bits per heavy atom. The van der Waals surface area contributed by atoms with Crippen LogP contribution < -0.4 is 0 Å². The van der Waals surface area contributed by atoms with Gasteiger partial charge in [0.2, 0.25) is 0 Å². The fraction of sp³-hybridized carbons (Fsp3) is 0.182. The Labute approximate surface area is 107 Å². The fourth-order valence-electron chi connectivity index (χ4n) is 1.50. The minimum absolute atomic E-state index is 0.266. The summed E-state index contributed by atoms with van der Waals surface area (Å²) >= 11 is 0. The fourth-order valence-corrected chi connectivity index (χ4v) is 1.50. The van der Waals surface area contributed by atoms with Crippen LogP contribution in [0.1, 0.15) is 16.7 Å². The van der Waals surface area contributed by atoms with Crippen molar-refractivity contribution < 1.29 is 41.4 Å². The van der Waals surface area contributed by atoms with Gasteiger partial charge in [-0.25, -0.2) is 4.79 Å². The third kappa shape index (κ3) is 3.43. The van der Waals surface area contributed by atoms with Crippen LogP contribution in [-0.2, 0) is 17.1 Å². The van der Waals surface area contributed by atoms with E-state index in [0.29, 0.717) is 18.2 Å². The Hall–Kier alpha value is -2.19. The molecule has 0 amide bonds. The Morgan fingerprint density at radius 2 is 1.50 bits per heavy atom. The number of carbonyl (C=O) groups is 1. The summed E-state index contributed by atoms with van der Waals surface area (Å²) in [6.07, 6.45) is -10.2. The summed E-state index contributed by atoms with van der Waals surface area (Å²) in [5, 5.41) is 17.3. The molecular weight excluding hydrogens is 294 g/mol. The minimum atomic E-state index is -5.44. The second-order valence-corrected chi connectivity index (χ2v) is 3.59. The van der Waals surface area contributed by atoms with E-state index >= 15 is 0 Å². The monoisotopic (exact) mass is 300 g/mol. The number of halogens is 6. The van der Waals surface area contributed by atoms with E-state index in [1.165, 1.54) is 0 Å². The zero-order valence-corrected chi connectivity index (χ0v) is 9.38. The summed E-state index contributed by atoms with van der Waals surface area (Å²) in [6, 6.07) is 0.965. The zero-order valence-electron chi connectivity index (χ0n) is 9.38. The predicted molar refractivity (Wildman–Crippen MR) is 54.8 cm³/mol. The molecule has 0 aliphatic rings. The number of benzene rings is 1. The molecule has 0 aliphatic heterocycles. The number of hydrogen-bond donors (Lipinski definition) is 2. The van der Waals surface area contributed by atoms with Crippen LogP contribution in [-0.4, -0.2) is 16.2 Å². The second kappa shape index (κ2) is 5.06. The molecule has 9 heteroatoms. The largest absolute Gasteiger partial charge is 0.507 e. The summed E-state index contributed by atoms with van der Waals surface area (Å²) < 4.78 is 76.1. The first kappa shape index (κ1) is 15.9. The van der Waals surface area contributed by atoms with E-state index in [9.17, 15) is 31.1 Å². The highest BCUT2D eigenvalue weighted by Gasteiger charge is 2.46. The molecule has 20 heavy (non-hydrogen) atoms. The summed E-state index contributed by atoms with van der Waals surface area (Å²) in [4.78, 5) is 10.2. The molecule has 0 heterocycles. The number of aromatic hydroxyl groups is 1. The first-order chi connectivity index (χ1) is 8.94. The van der Waals surface area contributed by atoms with Crippen molar-refractivity contribution in [1.82, 2.24) is 0 Å². The summed E-state index contributed by atoms with van der Waals surface area (Å²) in [5.74, 6) is -3.21. The number of phenols is 1. The first-order valence-corrected chi connectivity index (χ1v) is 4.86. The van der Waals surface area contributed by atoms with Gasteiger partial charge in [-0.2, -0.15) is 26.3 Å². The van der Waals surface area contributed by atoms with E-state index < -0.39 is 40.8 Å². The maximum atomic E-state index is 12.8. The Kier molecular flexibility index (Phi) is 4.02. The zero-order chi connectivity index (χ0) is 15.7. The average molecular weight is 300 g/mol. The maximum absolute atomic E-state index is 12.8. The van der Waals surface area contributed by atoms with Crippen molar-refractivity contribution in [1.29, 1.82) is 0 Å². The number of hydrogen-bond acceptors (Lipinski definition) is 2. The van der Waals surface area contributed by atoms with Crippen LogP contribution in [0.5, 0.6) is 5.75 Å². The lowest BCUT2D eigenvalue weighted by Crippen LogP contribution is -2.18. The first-order valence-electron chi connectivity index (χ1n) is 4.86. The van der Waals surface area contributed by atoms with E-state index in [4.69, 9.17) is 10.2 Å². The number of phenolic OH excluding ortho intramolecular Hbond substituents is 1. The molecular formula is C11H6F6O3. The van der Waals surface area contributed by atoms with Gasteiger partial charge in [0.05, 0.1) is 5.56 Å². The lowest BCUT2D eigenvalue weighted by Gasteiger charge is -2.18. The SMILES string of the molecule is O=C(O)C=Cc1ccc(O)c(C(F)(F)F)c1C(F)(F)F. The van der Waals surface area contributed by atoms with Gasteiger partial charge in [-0.1, -0.05) is 6.07 Å². The molecule has 0 saturated carbocycles. The van der Waals surface area contributed by atoms with Gasteiger partial charge in [0, 0.05) is 6.08 Å². The van der Waals surface area contributed by atoms with Gasteiger partial charge < -0.3 is 10.2 Å². The number of rotatable bonds is 2. The Balaban J connectivity index is 3.68. The summed E-state index contributed by atoms with van der Waals surface area (Å²) in [7, 11) is 0. The van der Waals surface area contributed by atoms with Crippen molar-refractivity contribution in [3.05, 3.63) is 34.9 Å². The van der Waals surface area contributed by atoms with Gasteiger partial charge in [-0.3, -0.25) is 0 Å². The van der Waals surface area contributed by atoms with E-state index in [2.05, 4.69) is 0 Å². The highest BCUT2D eigenvalue weighted by atomic mass is 19.4. The van der Waals surface area contributed by atoms with Crippen LogP contribution in [0.25, 0.3) is 6.08 Å². The van der Waals surface area contributed by atoms with Gasteiger partial charge in [-0.15, -0.1) is 0 Å². The highest BCUT2D eigenvalue weighted by Crippen LogP contribution is 2.46. The van der Waals surface area contributed by atoms with Crippen LogP contribution in [0.4, 0.5) is 26.3 Å². The van der Waals surface area contributed by atoms with Crippen LogP contribution in [0.15, 0.2) is 18.2 Å². The molecule has 0 radical (unpaired) electrons. The molecule has 1 rings (SSSR count). The molecule has 0 fully saturated rings. The van der Waals surface area contributed by atoms with Crippen molar-refractivity contribution in [3.63, 3.8) is 0 Å². The average Bonchev–Trinajstić information content (AvgIpc) is 2.23. The molecule has 2 N–H and O–H groups in total. The van der Waals surface area contributed by atoms with Crippen molar-refractivity contribution in [2.45, 2.75) is 12.4 Å². The Morgan fingerprint density at radius 1 is 1.00 bits per heavy atom. The molecule has 3 nitrogen and oxygen atoms in total. The third-order valence-corrected chi connectivity index (χ3v) is 2.19. The molecule has 0 bridgehead atoms. The van der Waals surface area contributed by atoms with Crippen molar-refractivity contribution in [3.8, 4) is 5.75 Å². The van der Waals surface area contributed by atoms with Gasteiger partial charge >= 0.3 is 18.3 Å². The molecule has 0 saturated heterocycles. The number of alkyl halides is 6. The molecule has 1 aromatic carbocycles. The molecule has 0 aromatic heterocycles. The van der Waals surface area contributed by atoms with Gasteiger partial charge in [0.15, 0.2) is 0 Å². The Bertz CT molecular complexity index is 557. The third-order valence-electron chi connectivity index (χ3n) is 2.19. The van der Waals surface area contributed by atoms with Gasteiger partial charge in [-0.05, 0) is 17.7 Å². The number of carboxylic acids is 1. The predicted octanol–water partition coefficient (Wildman–Crippen LogP) is 3.53. The molecule has 0 atom stereocenters. The maximum Gasteiger partial charge on any atom is 0.420 e. The van der Waals surface area contributed by atoms with Crippen LogP contribution in [0.2, 0.25) is 0 Å². The molecule has 1 aromatic rings. The standard InChI is InChI=1S/C11H6F6O3/c12-10(13,14)8-5(2-4-7(19)20)1-3-6(18)9(8)11(15,16)17/h1-4,18H,(H,19,20). The van der Waals surface area contributed by atoms with E-state index in [1.54, 1.807) is 0 Å². The van der Waals surface area contributed by atoms with Crippen LogP contribution in [0.3, 0.4) is 0 Å². The lowest BCUT2D eigenvalue weighted by atomic mass is 9.98. The summed E-state index contributed by atoms with van der Waals surface area (Å²) in [6.45, 7) is 0. The van der Waals surface area contributed by atoms with Gasteiger partial charge in [0.1, 0.15) is 11.3 Å². The topological polar surface area (TPSA) is 57.5 Å². The van der Waals surface area contributed by atoms with Crippen molar-refractivity contribution >= 4 is 12.0 Å². The minimum Gasteiger partial charge on any atom is -0.507 e. The smallest absolute Gasteiger partial charge is 0.420 e. The van der Waals surface area contributed by atoms with E-state index in [-0.39, 0.29) is 6.08 Å². The highest BCUT2D eigenvalue weighted by molar-refractivity contribution is 5.85. The van der Waals surface area contributed by atoms with Crippen LogP contribution >= 0.6 is 0 Å². The van der Waals surface area contributed by atoms with Gasteiger partial charge in [0.25, 0.3) is 0 Å². The lowest BCUT2D eigenvalue weighted by molar-refractivity contribution is -0.163. The number of carboxylic acid groups (broad SMARTS) is 1. The van der Waals surface area contributed by atoms with E-state index in [1.807, 2.05) is 0 Å². The van der Waals surface area contributed by atoms with Crippen molar-refractivity contribution in [2.75, 3.05) is 0 Å². The summed E-state index contributed by atoms with van der Waals surface area (Å²) in [5.41, 5.74) is -5.40.